The molecule has 0 aromatic heterocycles. The normalized spacial score (nSPS) is 15.9. The predicted molar refractivity (Wildman–Crippen MR) is 94.3 cm³/mol. The Hall–Kier alpha value is -2.08. The number of carbonyl (C=O) groups is 3. The highest BCUT2D eigenvalue weighted by atomic mass is 35.5. The maximum Gasteiger partial charge on any atom is 0.321 e. The van der Waals surface area contributed by atoms with Crippen LogP contribution in [0.2, 0.25) is 5.02 Å². The van der Waals surface area contributed by atoms with Crippen LogP contribution >= 0.6 is 11.6 Å². The summed E-state index contributed by atoms with van der Waals surface area (Å²) in [5.41, 5.74) is 0.622. The summed E-state index contributed by atoms with van der Waals surface area (Å²) in [5, 5.41) is 5.45. The maximum absolute atomic E-state index is 12.0. The number of urea groups is 1. The number of esters is 1. The molecular weight excluding hydrogens is 344 g/mol. The van der Waals surface area contributed by atoms with Gasteiger partial charge >= 0.3 is 12.0 Å². The minimum absolute atomic E-state index is 0.0361. The lowest BCUT2D eigenvalue weighted by molar-refractivity contribution is -0.153. The SMILES string of the molecule is C[C@@H](OC(=O)Cc1ccccc1Cl)C(=O)NC(=O)NC1CCCCC1. The largest absolute Gasteiger partial charge is 0.452 e. The van der Waals surface area contributed by atoms with E-state index < -0.39 is 24.0 Å². The molecule has 0 spiro atoms. The number of hydrogen-bond donors (Lipinski definition) is 2. The Morgan fingerprint density at radius 2 is 1.88 bits per heavy atom. The lowest BCUT2D eigenvalue weighted by atomic mass is 9.96. The van der Waals surface area contributed by atoms with Crippen molar-refractivity contribution in [2.45, 2.75) is 57.6 Å². The zero-order valence-corrected chi connectivity index (χ0v) is 15.0. The highest BCUT2D eigenvalue weighted by Crippen LogP contribution is 2.17. The minimum Gasteiger partial charge on any atom is -0.452 e. The van der Waals surface area contributed by atoms with Crippen molar-refractivity contribution in [1.29, 1.82) is 0 Å². The van der Waals surface area contributed by atoms with Gasteiger partial charge in [-0.05, 0) is 31.4 Å². The Bertz CT molecular complexity index is 629. The summed E-state index contributed by atoms with van der Waals surface area (Å²) in [6, 6.07) is 6.46. The van der Waals surface area contributed by atoms with E-state index in [4.69, 9.17) is 16.3 Å². The van der Waals surface area contributed by atoms with E-state index in [1.165, 1.54) is 13.3 Å². The van der Waals surface area contributed by atoms with Crippen LogP contribution in [0.5, 0.6) is 0 Å². The second-order valence-electron chi connectivity index (χ2n) is 6.20. The van der Waals surface area contributed by atoms with Crippen molar-refractivity contribution in [2.75, 3.05) is 0 Å². The van der Waals surface area contributed by atoms with Gasteiger partial charge < -0.3 is 10.1 Å². The Morgan fingerprint density at radius 1 is 1.20 bits per heavy atom. The number of nitrogens with one attached hydrogen (secondary N) is 2. The first-order chi connectivity index (χ1) is 12.0. The Labute approximate surface area is 152 Å². The smallest absolute Gasteiger partial charge is 0.321 e. The second-order valence-corrected chi connectivity index (χ2v) is 6.61. The molecule has 0 aliphatic heterocycles. The molecule has 1 saturated carbocycles. The highest BCUT2D eigenvalue weighted by Gasteiger charge is 2.22. The van der Waals surface area contributed by atoms with Gasteiger partial charge in [-0.2, -0.15) is 0 Å². The first-order valence-electron chi connectivity index (χ1n) is 8.50. The molecule has 0 radical (unpaired) electrons. The van der Waals surface area contributed by atoms with Crippen LogP contribution in [-0.2, 0) is 20.7 Å². The Balaban J connectivity index is 1.76. The first kappa shape index (κ1) is 19.2. The number of halogens is 1. The van der Waals surface area contributed by atoms with E-state index in [-0.39, 0.29) is 12.5 Å². The number of amides is 3. The van der Waals surface area contributed by atoms with Gasteiger partial charge in [0.05, 0.1) is 6.42 Å². The fourth-order valence-electron chi connectivity index (χ4n) is 2.77. The molecule has 1 aliphatic carbocycles. The number of ether oxygens (including phenoxy) is 1. The second kappa shape index (κ2) is 9.42. The van der Waals surface area contributed by atoms with Gasteiger partial charge in [-0.15, -0.1) is 0 Å². The molecule has 2 rings (SSSR count). The summed E-state index contributed by atoms with van der Waals surface area (Å²) in [6.45, 7) is 1.42. The van der Waals surface area contributed by atoms with E-state index in [0.29, 0.717) is 10.6 Å². The molecule has 1 fully saturated rings. The van der Waals surface area contributed by atoms with E-state index in [9.17, 15) is 14.4 Å². The number of benzene rings is 1. The topological polar surface area (TPSA) is 84.5 Å². The molecule has 0 unspecified atom stereocenters. The van der Waals surface area contributed by atoms with Crippen molar-refractivity contribution in [2.24, 2.45) is 0 Å². The van der Waals surface area contributed by atoms with Gasteiger partial charge in [0.1, 0.15) is 0 Å². The van der Waals surface area contributed by atoms with Gasteiger partial charge in [-0.3, -0.25) is 14.9 Å². The summed E-state index contributed by atoms with van der Waals surface area (Å²) in [6.07, 6.45) is 4.08. The first-order valence-corrected chi connectivity index (χ1v) is 8.87. The van der Waals surface area contributed by atoms with Crippen molar-refractivity contribution < 1.29 is 19.1 Å². The van der Waals surface area contributed by atoms with Crippen LogP contribution in [0.15, 0.2) is 24.3 Å². The van der Waals surface area contributed by atoms with Gasteiger partial charge in [0.2, 0.25) is 0 Å². The predicted octanol–water partition coefficient (Wildman–Crippen LogP) is 2.97. The summed E-state index contributed by atoms with van der Waals surface area (Å²) in [4.78, 5) is 35.7. The molecule has 0 bridgehead atoms. The van der Waals surface area contributed by atoms with Crippen molar-refractivity contribution in [3.63, 3.8) is 0 Å². The molecular formula is C18H23ClN2O4. The summed E-state index contributed by atoms with van der Waals surface area (Å²) in [5.74, 6) is -1.23. The van der Waals surface area contributed by atoms with Crippen LogP contribution in [-0.4, -0.2) is 30.1 Å². The number of hydrogen-bond acceptors (Lipinski definition) is 4. The third-order valence-corrected chi connectivity index (χ3v) is 4.52. The van der Waals surface area contributed by atoms with Crippen molar-refractivity contribution in [3.05, 3.63) is 34.9 Å². The highest BCUT2D eigenvalue weighted by molar-refractivity contribution is 6.31. The van der Waals surface area contributed by atoms with E-state index >= 15 is 0 Å². The van der Waals surface area contributed by atoms with E-state index in [1.54, 1.807) is 24.3 Å². The standard InChI is InChI=1S/C18H23ClN2O4/c1-12(25-16(22)11-13-7-5-6-10-15(13)19)17(23)21-18(24)20-14-8-3-2-4-9-14/h5-7,10,12,14H,2-4,8-9,11H2,1H3,(H2,20,21,23,24)/t12-/m1/s1. The number of imide groups is 1. The Morgan fingerprint density at radius 3 is 2.56 bits per heavy atom. The molecule has 6 nitrogen and oxygen atoms in total. The van der Waals surface area contributed by atoms with Gasteiger partial charge in [0, 0.05) is 11.1 Å². The molecule has 136 valence electrons. The average Bonchev–Trinajstić information content (AvgIpc) is 2.57. The maximum atomic E-state index is 12.0. The monoisotopic (exact) mass is 366 g/mol. The quantitative estimate of drug-likeness (QED) is 0.784. The van der Waals surface area contributed by atoms with Gasteiger partial charge in [-0.1, -0.05) is 49.1 Å². The summed E-state index contributed by atoms with van der Waals surface area (Å²) < 4.78 is 5.07. The Kier molecular flexibility index (Phi) is 7.25. The third-order valence-electron chi connectivity index (χ3n) is 4.15. The molecule has 1 aromatic carbocycles. The van der Waals surface area contributed by atoms with Crippen molar-refractivity contribution in [3.8, 4) is 0 Å². The fourth-order valence-corrected chi connectivity index (χ4v) is 2.97. The van der Waals surface area contributed by atoms with Crippen LogP contribution in [0, 0.1) is 0 Å². The minimum atomic E-state index is -1.06. The number of carbonyl (C=O) groups excluding carboxylic acids is 3. The van der Waals surface area contributed by atoms with Gasteiger partial charge in [0.15, 0.2) is 6.10 Å². The molecule has 25 heavy (non-hydrogen) atoms. The molecule has 0 saturated heterocycles. The zero-order valence-electron chi connectivity index (χ0n) is 14.2. The molecule has 1 atom stereocenters. The van der Waals surface area contributed by atoms with E-state index in [1.807, 2.05) is 0 Å². The lowest BCUT2D eigenvalue weighted by Gasteiger charge is -2.23. The summed E-state index contributed by atoms with van der Waals surface area (Å²) in [7, 11) is 0. The number of rotatable bonds is 5. The van der Waals surface area contributed by atoms with Crippen molar-refractivity contribution >= 4 is 29.5 Å². The lowest BCUT2D eigenvalue weighted by Crippen LogP contribution is -2.48. The van der Waals surface area contributed by atoms with Crippen molar-refractivity contribution in [1.82, 2.24) is 10.6 Å². The van der Waals surface area contributed by atoms with E-state index in [2.05, 4.69) is 10.6 Å². The van der Waals surface area contributed by atoms with Gasteiger partial charge in [-0.25, -0.2) is 4.79 Å². The van der Waals surface area contributed by atoms with Crippen LogP contribution < -0.4 is 10.6 Å². The van der Waals surface area contributed by atoms with Crippen LogP contribution in [0.3, 0.4) is 0 Å². The molecule has 1 aromatic rings. The van der Waals surface area contributed by atoms with Gasteiger partial charge in [0.25, 0.3) is 5.91 Å². The molecule has 7 heteroatoms. The fraction of sp³-hybridized carbons (Fsp3) is 0.500. The molecule has 0 heterocycles. The molecule has 1 aliphatic rings. The third kappa shape index (κ3) is 6.38. The average molecular weight is 367 g/mol. The molecule has 2 N–H and O–H groups in total. The zero-order chi connectivity index (χ0) is 18.2. The van der Waals surface area contributed by atoms with Crippen LogP contribution in [0.1, 0.15) is 44.6 Å². The van der Waals surface area contributed by atoms with Crippen LogP contribution in [0.4, 0.5) is 4.79 Å². The van der Waals surface area contributed by atoms with E-state index in [0.717, 1.165) is 25.7 Å². The van der Waals surface area contributed by atoms with Crippen LogP contribution in [0.25, 0.3) is 0 Å². The summed E-state index contributed by atoms with van der Waals surface area (Å²) >= 11 is 5.99. The molecule has 3 amide bonds.